The van der Waals surface area contributed by atoms with Crippen molar-refractivity contribution in [1.29, 1.82) is 0 Å². The van der Waals surface area contributed by atoms with Gasteiger partial charge in [0.25, 0.3) is 0 Å². The number of hydrogen-bond acceptors (Lipinski definition) is 4. The van der Waals surface area contributed by atoms with Gasteiger partial charge in [-0.1, -0.05) is 12.1 Å². The minimum Gasteiger partial charge on any atom is -0.482 e. The number of carbonyl (C=O) groups excluding carboxylic acids is 1. The minimum absolute atomic E-state index is 0.0713. The van der Waals surface area contributed by atoms with E-state index in [4.69, 9.17) is 10.5 Å². The van der Waals surface area contributed by atoms with E-state index in [0.29, 0.717) is 5.75 Å². The van der Waals surface area contributed by atoms with Crippen molar-refractivity contribution < 1.29 is 14.3 Å². The Hall–Kier alpha value is -1.55. The van der Waals surface area contributed by atoms with E-state index in [2.05, 4.69) is 4.74 Å². The van der Waals surface area contributed by atoms with Crippen LogP contribution in [0.3, 0.4) is 0 Å². The molecule has 88 valence electrons. The first-order valence-electron chi connectivity index (χ1n) is 5.16. The number of methoxy groups -OCH3 is 1. The van der Waals surface area contributed by atoms with Crippen LogP contribution >= 0.6 is 0 Å². The Morgan fingerprint density at radius 2 is 2.25 bits per heavy atom. The first-order chi connectivity index (χ1) is 7.61. The maximum Gasteiger partial charge on any atom is 0.343 e. The van der Waals surface area contributed by atoms with Crippen molar-refractivity contribution in [3.63, 3.8) is 0 Å². The van der Waals surface area contributed by atoms with Crippen LogP contribution < -0.4 is 10.5 Å². The quantitative estimate of drug-likeness (QED) is 0.760. The van der Waals surface area contributed by atoms with Crippen LogP contribution in [0.5, 0.6) is 5.75 Å². The molecule has 0 aromatic heterocycles. The molecule has 4 heteroatoms. The second kappa shape index (κ2) is 6.12. The highest BCUT2D eigenvalue weighted by atomic mass is 16.6. The lowest BCUT2D eigenvalue weighted by Gasteiger charge is -2.08. The molecule has 0 amide bonds. The molecular formula is C12H17NO3. The van der Waals surface area contributed by atoms with E-state index in [1.165, 1.54) is 7.11 Å². The maximum absolute atomic E-state index is 10.9. The molecule has 0 saturated carbocycles. The molecule has 0 aliphatic rings. The molecule has 0 radical (unpaired) electrons. The highest BCUT2D eigenvalue weighted by Gasteiger charge is 2.03. The number of benzene rings is 1. The molecule has 0 fully saturated rings. The van der Waals surface area contributed by atoms with E-state index in [9.17, 15) is 4.79 Å². The van der Waals surface area contributed by atoms with Crippen molar-refractivity contribution in [1.82, 2.24) is 0 Å². The average Bonchev–Trinajstić information content (AvgIpc) is 2.25. The lowest BCUT2D eigenvalue weighted by atomic mass is 10.1. The number of hydrogen-bond donors (Lipinski definition) is 1. The predicted octanol–water partition coefficient (Wildman–Crippen LogP) is 1.13. The third-order valence-electron chi connectivity index (χ3n) is 2.04. The van der Waals surface area contributed by atoms with Crippen LogP contribution in [-0.4, -0.2) is 25.7 Å². The summed E-state index contributed by atoms with van der Waals surface area (Å²) in [6.45, 7) is 1.88. The summed E-state index contributed by atoms with van der Waals surface area (Å²) in [6, 6.07) is 7.65. The van der Waals surface area contributed by atoms with Gasteiger partial charge in [0, 0.05) is 6.04 Å². The molecule has 0 spiro atoms. The summed E-state index contributed by atoms with van der Waals surface area (Å²) >= 11 is 0. The normalized spacial score (nSPS) is 11.9. The summed E-state index contributed by atoms with van der Waals surface area (Å²) in [4.78, 5) is 10.9. The molecule has 1 aromatic rings. The van der Waals surface area contributed by atoms with Crippen LogP contribution in [0.2, 0.25) is 0 Å². The molecule has 1 atom stereocenters. The highest BCUT2D eigenvalue weighted by Crippen LogP contribution is 2.14. The van der Waals surface area contributed by atoms with Gasteiger partial charge in [-0.05, 0) is 31.0 Å². The number of nitrogens with two attached hydrogens (primary N) is 1. The van der Waals surface area contributed by atoms with Crippen LogP contribution in [-0.2, 0) is 16.0 Å². The van der Waals surface area contributed by atoms with Gasteiger partial charge in [0.2, 0.25) is 0 Å². The van der Waals surface area contributed by atoms with Crippen LogP contribution in [0, 0.1) is 0 Å². The standard InChI is InChI=1S/C12H17NO3/c1-9(13)6-10-4-3-5-11(7-10)16-8-12(14)15-2/h3-5,7,9H,6,8,13H2,1-2H3. The van der Waals surface area contributed by atoms with Gasteiger partial charge in [0.05, 0.1) is 7.11 Å². The van der Waals surface area contributed by atoms with Crippen LogP contribution in [0.1, 0.15) is 12.5 Å². The van der Waals surface area contributed by atoms with Crippen molar-refractivity contribution in [3.8, 4) is 5.75 Å². The maximum atomic E-state index is 10.9. The fourth-order valence-electron chi connectivity index (χ4n) is 1.34. The largest absolute Gasteiger partial charge is 0.482 e. The lowest BCUT2D eigenvalue weighted by Crippen LogP contribution is -2.17. The van der Waals surface area contributed by atoms with Crippen molar-refractivity contribution in [2.75, 3.05) is 13.7 Å². The smallest absolute Gasteiger partial charge is 0.343 e. The van der Waals surface area contributed by atoms with Crippen LogP contribution in [0.4, 0.5) is 0 Å². The Morgan fingerprint density at radius 3 is 2.88 bits per heavy atom. The van der Waals surface area contributed by atoms with E-state index in [1.807, 2.05) is 25.1 Å². The Bertz CT molecular complexity index is 350. The van der Waals surface area contributed by atoms with E-state index < -0.39 is 5.97 Å². The zero-order valence-corrected chi connectivity index (χ0v) is 9.60. The Kier molecular flexibility index (Phi) is 4.79. The summed E-state index contributed by atoms with van der Waals surface area (Å²) in [6.07, 6.45) is 0.787. The molecule has 0 aliphatic carbocycles. The molecule has 1 aromatic carbocycles. The Morgan fingerprint density at radius 1 is 1.50 bits per heavy atom. The number of carbonyl (C=O) groups is 1. The summed E-state index contributed by atoms with van der Waals surface area (Å²) in [7, 11) is 1.33. The van der Waals surface area contributed by atoms with Crippen molar-refractivity contribution in [2.24, 2.45) is 5.73 Å². The van der Waals surface area contributed by atoms with Crippen LogP contribution in [0.25, 0.3) is 0 Å². The topological polar surface area (TPSA) is 61.5 Å². The van der Waals surface area contributed by atoms with Gasteiger partial charge in [-0.25, -0.2) is 4.79 Å². The molecule has 1 unspecified atom stereocenters. The zero-order valence-electron chi connectivity index (χ0n) is 9.60. The molecule has 1 rings (SSSR count). The summed E-state index contributed by atoms with van der Waals surface area (Å²) in [5.41, 5.74) is 6.80. The zero-order chi connectivity index (χ0) is 12.0. The highest BCUT2D eigenvalue weighted by molar-refractivity contribution is 5.70. The van der Waals surface area contributed by atoms with Gasteiger partial charge in [-0.3, -0.25) is 0 Å². The van der Waals surface area contributed by atoms with Crippen molar-refractivity contribution in [2.45, 2.75) is 19.4 Å². The lowest BCUT2D eigenvalue weighted by molar-refractivity contribution is -0.142. The van der Waals surface area contributed by atoms with Gasteiger partial charge in [-0.2, -0.15) is 0 Å². The monoisotopic (exact) mass is 223 g/mol. The van der Waals surface area contributed by atoms with Gasteiger partial charge in [0.1, 0.15) is 5.75 Å². The van der Waals surface area contributed by atoms with E-state index >= 15 is 0 Å². The fourth-order valence-corrected chi connectivity index (χ4v) is 1.34. The predicted molar refractivity (Wildman–Crippen MR) is 61.3 cm³/mol. The van der Waals surface area contributed by atoms with Gasteiger partial charge in [0.15, 0.2) is 6.61 Å². The Balaban J connectivity index is 2.56. The molecule has 0 aliphatic heterocycles. The molecule has 4 nitrogen and oxygen atoms in total. The summed E-state index contributed by atoms with van der Waals surface area (Å²) in [5.74, 6) is 0.265. The van der Waals surface area contributed by atoms with Gasteiger partial charge < -0.3 is 15.2 Å². The number of ether oxygens (including phenoxy) is 2. The van der Waals surface area contributed by atoms with Gasteiger partial charge in [-0.15, -0.1) is 0 Å². The third kappa shape index (κ3) is 4.31. The molecule has 0 bridgehead atoms. The molecule has 0 saturated heterocycles. The van der Waals surface area contributed by atoms with Crippen molar-refractivity contribution in [3.05, 3.63) is 29.8 Å². The minimum atomic E-state index is -0.391. The van der Waals surface area contributed by atoms with Gasteiger partial charge >= 0.3 is 5.97 Å². The molecular weight excluding hydrogens is 206 g/mol. The second-order valence-corrected chi connectivity index (χ2v) is 3.69. The first-order valence-corrected chi connectivity index (χ1v) is 5.16. The second-order valence-electron chi connectivity index (χ2n) is 3.69. The summed E-state index contributed by atoms with van der Waals surface area (Å²) in [5, 5.41) is 0. The third-order valence-corrected chi connectivity index (χ3v) is 2.04. The van der Waals surface area contributed by atoms with E-state index in [1.54, 1.807) is 6.07 Å². The first kappa shape index (κ1) is 12.5. The number of esters is 1. The molecule has 2 N–H and O–H groups in total. The molecule has 16 heavy (non-hydrogen) atoms. The summed E-state index contributed by atoms with van der Waals surface area (Å²) < 4.78 is 9.75. The Labute approximate surface area is 95.3 Å². The van der Waals surface area contributed by atoms with Crippen molar-refractivity contribution >= 4 is 5.97 Å². The fraction of sp³-hybridized carbons (Fsp3) is 0.417. The molecule has 0 heterocycles. The van der Waals surface area contributed by atoms with E-state index in [0.717, 1.165) is 12.0 Å². The average molecular weight is 223 g/mol. The van der Waals surface area contributed by atoms with E-state index in [-0.39, 0.29) is 12.6 Å². The SMILES string of the molecule is COC(=O)COc1cccc(CC(C)N)c1. The number of rotatable bonds is 5. The van der Waals surface area contributed by atoms with Crippen LogP contribution in [0.15, 0.2) is 24.3 Å².